The third kappa shape index (κ3) is 4.58. The quantitative estimate of drug-likeness (QED) is 0.780. The lowest BCUT2D eigenvalue weighted by Gasteiger charge is -2.09. The third-order valence-corrected chi connectivity index (χ3v) is 5.51. The number of carbonyl (C=O) groups is 2. The van der Waals surface area contributed by atoms with Gasteiger partial charge in [-0.05, 0) is 36.8 Å². The van der Waals surface area contributed by atoms with Crippen LogP contribution in [0.25, 0.3) is 0 Å². The van der Waals surface area contributed by atoms with Crippen LogP contribution >= 0.6 is 35.0 Å². The van der Waals surface area contributed by atoms with Crippen molar-refractivity contribution in [1.82, 2.24) is 5.32 Å². The van der Waals surface area contributed by atoms with Crippen molar-refractivity contribution in [3.8, 4) is 0 Å². The molecule has 0 radical (unpaired) electrons. The molecule has 1 atom stereocenters. The summed E-state index contributed by atoms with van der Waals surface area (Å²) in [6, 6.07) is 12.6. The predicted octanol–water partition coefficient (Wildman–Crippen LogP) is 4.55. The molecule has 8 heteroatoms. The smallest absolute Gasteiger partial charge is 0.240 e. The van der Waals surface area contributed by atoms with Gasteiger partial charge in [-0.1, -0.05) is 53.2 Å². The molecule has 2 aromatic carbocycles. The zero-order chi connectivity index (χ0) is 18.7. The van der Waals surface area contributed by atoms with E-state index in [0.717, 1.165) is 11.3 Å². The van der Waals surface area contributed by atoms with Gasteiger partial charge in [0.05, 0.1) is 21.4 Å². The molecule has 1 fully saturated rings. The fraction of sp³-hybridized carbons (Fsp3) is 0.167. The summed E-state index contributed by atoms with van der Waals surface area (Å²) < 4.78 is 0. The number of rotatable bonds is 4. The molecule has 1 aliphatic rings. The molecule has 1 aliphatic heterocycles. The van der Waals surface area contributed by atoms with Gasteiger partial charge in [-0.2, -0.15) is 0 Å². The van der Waals surface area contributed by atoms with Gasteiger partial charge in [0.2, 0.25) is 11.8 Å². The van der Waals surface area contributed by atoms with Gasteiger partial charge in [-0.15, -0.1) is 0 Å². The number of hydrogen-bond acceptors (Lipinski definition) is 4. The second-order valence-electron chi connectivity index (χ2n) is 5.71. The average molecular weight is 408 g/mol. The number of halogens is 2. The van der Waals surface area contributed by atoms with Crippen LogP contribution in [0.4, 0.5) is 11.4 Å². The molecule has 134 valence electrons. The highest BCUT2D eigenvalue weighted by molar-refractivity contribution is 8.15. The maximum Gasteiger partial charge on any atom is 0.240 e. The monoisotopic (exact) mass is 407 g/mol. The molecule has 1 heterocycles. The SMILES string of the molecule is Cc1cccc(N=C2NC(=O)[C@@H](CC(=O)Nc3cccc(Cl)c3Cl)S2)c1. The van der Waals surface area contributed by atoms with Gasteiger partial charge >= 0.3 is 0 Å². The van der Waals surface area contributed by atoms with Gasteiger partial charge in [0.25, 0.3) is 0 Å². The number of amides is 2. The fourth-order valence-electron chi connectivity index (χ4n) is 2.38. The summed E-state index contributed by atoms with van der Waals surface area (Å²) in [5.41, 5.74) is 2.25. The Hall–Kier alpha value is -2.02. The van der Waals surface area contributed by atoms with Crippen LogP contribution < -0.4 is 10.6 Å². The molecule has 2 N–H and O–H groups in total. The number of amidine groups is 1. The molecule has 0 bridgehead atoms. The van der Waals surface area contributed by atoms with Crippen LogP contribution in [0.5, 0.6) is 0 Å². The Balaban J connectivity index is 1.64. The molecule has 0 aromatic heterocycles. The van der Waals surface area contributed by atoms with Crippen molar-refractivity contribution in [2.45, 2.75) is 18.6 Å². The molecule has 1 saturated heterocycles. The number of anilines is 1. The van der Waals surface area contributed by atoms with Gasteiger partial charge in [0.15, 0.2) is 5.17 Å². The van der Waals surface area contributed by atoms with Gasteiger partial charge in [-0.3, -0.25) is 9.59 Å². The number of carbonyl (C=O) groups excluding carboxylic acids is 2. The van der Waals surface area contributed by atoms with Crippen molar-refractivity contribution in [1.29, 1.82) is 0 Å². The third-order valence-electron chi connectivity index (χ3n) is 3.61. The van der Waals surface area contributed by atoms with E-state index in [0.29, 0.717) is 15.9 Å². The molecular formula is C18H15Cl2N3O2S. The van der Waals surface area contributed by atoms with E-state index in [-0.39, 0.29) is 23.3 Å². The minimum Gasteiger partial charge on any atom is -0.325 e. The molecule has 0 spiro atoms. The highest BCUT2D eigenvalue weighted by Gasteiger charge is 2.32. The van der Waals surface area contributed by atoms with Crippen LogP contribution in [0.3, 0.4) is 0 Å². The maximum absolute atomic E-state index is 12.2. The van der Waals surface area contributed by atoms with E-state index in [1.54, 1.807) is 18.2 Å². The predicted molar refractivity (Wildman–Crippen MR) is 108 cm³/mol. The van der Waals surface area contributed by atoms with Gasteiger partial charge in [-0.25, -0.2) is 4.99 Å². The van der Waals surface area contributed by atoms with Crippen LogP contribution in [-0.4, -0.2) is 22.2 Å². The second-order valence-corrected chi connectivity index (χ2v) is 7.68. The molecule has 2 aromatic rings. The Kier molecular flexibility index (Phi) is 5.86. The van der Waals surface area contributed by atoms with Crippen LogP contribution in [0.15, 0.2) is 47.5 Å². The average Bonchev–Trinajstić information content (AvgIpc) is 2.91. The Labute approximate surface area is 165 Å². The lowest BCUT2D eigenvalue weighted by Crippen LogP contribution is -2.28. The minimum absolute atomic E-state index is 0.00613. The summed E-state index contributed by atoms with van der Waals surface area (Å²) in [6.07, 6.45) is 0.00613. The lowest BCUT2D eigenvalue weighted by molar-refractivity contribution is -0.122. The van der Waals surface area contributed by atoms with Gasteiger partial charge in [0.1, 0.15) is 5.25 Å². The Morgan fingerprint density at radius 3 is 2.81 bits per heavy atom. The second kappa shape index (κ2) is 8.12. The number of nitrogens with one attached hydrogen (secondary N) is 2. The van der Waals surface area contributed by atoms with Crippen LogP contribution in [0.1, 0.15) is 12.0 Å². The normalized spacial score (nSPS) is 18.0. The number of aryl methyl sites for hydroxylation is 1. The molecule has 2 amide bonds. The standard InChI is InChI=1S/C18H15Cl2N3O2S/c1-10-4-2-5-11(8-10)21-18-23-17(25)14(26-18)9-15(24)22-13-7-3-6-12(19)16(13)20/h2-8,14H,9H2,1H3,(H,22,24)(H,21,23,25)/t14-/m1/s1. The summed E-state index contributed by atoms with van der Waals surface area (Å²) >= 11 is 13.2. The zero-order valence-electron chi connectivity index (χ0n) is 13.8. The maximum atomic E-state index is 12.2. The first kappa shape index (κ1) is 18.8. The number of aliphatic imine (C=N–C) groups is 1. The van der Waals surface area contributed by atoms with E-state index in [9.17, 15) is 9.59 Å². The van der Waals surface area contributed by atoms with Crippen molar-refractivity contribution in [2.75, 3.05) is 5.32 Å². The van der Waals surface area contributed by atoms with E-state index < -0.39 is 5.25 Å². The molecule has 0 aliphatic carbocycles. The zero-order valence-corrected chi connectivity index (χ0v) is 16.1. The Morgan fingerprint density at radius 2 is 2.04 bits per heavy atom. The summed E-state index contributed by atoms with van der Waals surface area (Å²) in [7, 11) is 0. The van der Waals surface area contributed by atoms with Crippen molar-refractivity contribution in [3.63, 3.8) is 0 Å². The van der Waals surface area contributed by atoms with E-state index >= 15 is 0 Å². The lowest BCUT2D eigenvalue weighted by atomic mass is 10.2. The Morgan fingerprint density at radius 1 is 1.27 bits per heavy atom. The van der Waals surface area contributed by atoms with Gasteiger partial charge < -0.3 is 10.6 Å². The topological polar surface area (TPSA) is 70.6 Å². The first-order chi connectivity index (χ1) is 12.4. The number of benzene rings is 2. The summed E-state index contributed by atoms with van der Waals surface area (Å²) in [5.74, 6) is -0.563. The molecule has 0 saturated carbocycles. The van der Waals surface area contributed by atoms with E-state index in [1.807, 2.05) is 31.2 Å². The Bertz CT molecular complexity index is 902. The van der Waals surface area contributed by atoms with Crippen LogP contribution in [-0.2, 0) is 9.59 Å². The first-order valence-corrected chi connectivity index (χ1v) is 9.42. The molecule has 3 rings (SSSR count). The van der Waals surface area contributed by atoms with Gasteiger partial charge in [0, 0.05) is 6.42 Å². The molecule has 0 unspecified atom stereocenters. The number of nitrogens with zero attached hydrogens (tertiary/aromatic N) is 1. The summed E-state index contributed by atoms with van der Waals surface area (Å²) in [5, 5.41) is 5.95. The summed E-state index contributed by atoms with van der Waals surface area (Å²) in [6.45, 7) is 1.97. The fourth-order valence-corrected chi connectivity index (χ4v) is 3.71. The van der Waals surface area contributed by atoms with Crippen molar-refractivity contribution < 1.29 is 9.59 Å². The van der Waals surface area contributed by atoms with Crippen molar-refractivity contribution in [2.24, 2.45) is 4.99 Å². The van der Waals surface area contributed by atoms with E-state index in [2.05, 4.69) is 15.6 Å². The molecular weight excluding hydrogens is 393 g/mol. The summed E-state index contributed by atoms with van der Waals surface area (Å²) in [4.78, 5) is 28.8. The largest absolute Gasteiger partial charge is 0.325 e. The van der Waals surface area contributed by atoms with Crippen LogP contribution in [0, 0.1) is 6.92 Å². The minimum atomic E-state index is -0.545. The molecule has 5 nitrogen and oxygen atoms in total. The highest BCUT2D eigenvalue weighted by atomic mass is 35.5. The van der Waals surface area contributed by atoms with Crippen molar-refractivity contribution in [3.05, 3.63) is 58.1 Å². The van der Waals surface area contributed by atoms with E-state index in [1.165, 1.54) is 11.8 Å². The number of thioether (sulfide) groups is 1. The van der Waals surface area contributed by atoms with E-state index in [4.69, 9.17) is 23.2 Å². The first-order valence-electron chi connectivity index (χ1n) is 7.79. The number of hydrogen-bond donors (Lipinski definition) is 2. The van der Waals surface area contributed by atoms with Crippen molar-refractivity contribution >= 4 is 63.3 Å². The molecule has 26 heavy (non-hydrogen) atoms. The van der Waals surface area contributed by atoms with Crippen LogP contribution in [0.2, 0.25) is 10.0 Å². The highest BCUT2D eigenvalue weighted by Crippen LogP contribution is 2.30.